The van der Waals surface area contributed by atoms with Crippen LogP contribution in [0.3, 0.4) is 0 Å². The number of rotatable bonds is 4. The SMILES string of the molecule is CC(C#N)NS(=O)(=O)Cc1ccccc1C#N. The maximum atomic E-state index is 11.7. The van der Waals surface area contributed by atoms with E-state index in [1.807, 2.05) is 6.07 Å². The highest BCUT2D eigenvalue weighted by Crippen LogP contribution is 2.11. The fourth-order valence-electron chi connectivity index (χ4n) is 1.30. The van der Waals surface area contributed by atoms with Crippen LogP contribution < -0.4 is 4.72 Å². The van der Waals surface area contributed by atoms with Gasteiger partial charge in [-0.25, -0.2) is 8.42 Å². The summed E-state index contributed by atoms with van der Waals surface area (Å²) >= 11 is 0. The van der Waals surface area contributed by atoms with Gasteiger partial charge in [0.05, 0.1) is 23.5 Å². The Kier molecular flexibility index (Phi) is 4.22. The monoisotopic (exact) mass is 249 g/mol. The molecule has 1 unspecified atom stereocenters. The second kappa shape index (κ2) is 5.44. The molecule has 0 saturated heterocycles. The Bertz CT molecular complexity index is 581. The van der Waals surface area contributed by atoms with Crippen molar-refractivity contribution in [2.45, 2.75) is 18.7 Å². The first kappa shape index (κ1) is 13.2. The second-order valence-corrected chi connectivity index (χ2v) is 5.25. The molecule has 0 aliphatic heterocycles. The van der Waals surface area contributed by atoms with Crippen LogP contribution in [-0.2, 0) is 15.8 Å². The van der Waals surface area contributed by atoms with Gasteiger partial charge in [0.2, 0.25) is 10.0 Å². The third-order valence-electron chi connectivity index (χ3n) is 2.03. The predicted octanol–water partition coefficient (Wildman–Crippen LogP) is 0.890. The smallest absolute Gasteiger partial charge is 0.212 e. The molecule has 0 saturated carbocycles. The molecule has 0 fully saturated rings. The summed E-state index contributed by atoms with van der Waals surface area (Å²) in [5.41, 5.74) is 0.745. The van der Waals surface area contributed by atoms with Gasteiger partial charge < -0.3 is 0 Å². The zero-order valence-electron chi connectivity index (χ0n) is 9.21. The van der Waals surface area contributed by atoms with Crippen LogP contribution in [0.5, 0.6) is 0 Å². The molecule has 0 amide bonds. The normalized spacial score (nSPS) is 12.4. The van der Waals surface area contributed by atoms with Crippen molar-refractivity contribution in [1.29, 1.82) is 10.5 Å². The second-order valence-electron chi connectivity index (χ2n) is 3.50. The van der Waals surface area contributed by atoms with Gasteiger partial charge in [0.15, 0.2) is 0 Å². The van der Waals surface area contributed by atoms with E-state index >= 15 is 0 Å². The van der Waals surface area contributed by atoms with Crippen LogP contribution in [-0.4, -0.2) is 14.5 Å². The molecule has 5 nitrogen and oxygen atoms in total. The Morgan fingerprint density at radius 2 is 2.00 bits per heavy atom. The third kappa shape index (κ3) is 3.87. The van der Waals surface area contributed by atoms with Gasteiger partial charge in [-0.3, -0.25) is 0 Å². The van der Waals surface area contributed by atoms with E-state index in [1.54, 1.807) is 30.3 Å². The van der Waals surface area contributed by atoms with Crippen LogP contribution >= 0.6 is 0 Å². The van der Waals surface area contributed by atoms with Gasteiger partial charge >= 0.3 is 0 Å². The quantitative estimate of drug-likeness (QED) is 0.857. The van der Waals surface area contributed by atoms with E-state index in [-0.39, 0.29) is 5.75 Å². The minimum absolute atomic E-state index is 0.303. The minimum atomic E-state index is -3.60. The van der Waals surface area contributed by atoms with Crippen molar-refractivity contribution in [2.75, 3.05) is 0 Å². The first-order valence-electron chi connectivity index (χ1n) is 4.86. The zero-order chi connectivity index (χ0) is 12.9. The van der Waals surface area contributed by atoms with Crippen molar-refractivity contribution >= 4 is 10.0 Å². The number of hydrogen-bond donors (Lipinski definition) is 1. The number of nitrogens with one attached hydrogen (secondary N) is 1. The van der Waals surface area contributed by atoms with Crippen molar-refractivity contribution in [3.8, 4) is 12.1 Å². The fourth-order valence-corrected chi connectivity index (χ4v) is 2.63. The molecule has 88 valence electrons. The van der Waals surface area contributed by atoms with Gasteiger partial charge in [0.25, 0.3) is 0 Å². The Labute approximate surface area is 100 Å². The molecule has 0 bridgehead atoms. The van der Waals surface area contributed by atoms with Crippen LogP contribution in [0.4, 0.5) is 0 Å². The van der Waals surface area contributed by atoms with Crippen LogP contribution in [0.15, 0.2) is 24.3 Å². The molecule has 0 spiro atoms. The van der Waals surface area contributed by atoms with Crippen molar-refractivity contribution in [3.05, 3.63) is 35.4 Å². The molecule has 1 atom stereocenters. The largest absolute Gasteiger partial charge is 0.216 e. The van der Waals surface area contributed by atoms with E-state index in [0.717, 1.165) is 0 Å². The highest BCUT2D eigenvalue weighted by atomic mass is 32.2. The molecule has 0 aliphatic rings. The van der Waals surface area contributed by atoms with Gasteiger partial charge in [-0.2, -0.15) is 15.2 Å². The predicted molar refractivity (Wildman–Crippen MR) is 62.0 cm³/mol. The van der Waals surface area contributed by atoms with Crippen LogP contribution in [0, 0.1) is 22.7 Å². The minimum Gasteiger partial charge on any atom is -0.212 e. The number of benzene rings is 1. The number of nitrogens with zero attached hydrogens (tertiary/aromatic N) is 2. The Morgan fingerprint density at radius 3 is 2.59 bits per heavy atom. The summed E-state index contributed by atoms with van der Waals surface area (Å²) < 4.78 is 25.5. The lowest BCUT2D eigenvalue weighted by Gasteiger charge is -2.08. The third-order valence-corrected chi connectivity index (χ3v) is 3.44. The molecule has 1 aromatic carbocycles. The maximum absolute atomic E-state index is 11.7. The van der Waals surface area contributed by atoms with Crippen LogP contribution in [0.25, 0.3) is 0 Å². The number of sulfonamides is 1. The molecule has 1 N–H and O–H groups in total. The average Bonchev–Trinajstić information content (AvgIpc) is 2.28. The van der Waals surface area contributed by atoms with Crippen molar-refractivity contribution in [3.63, 3.8) is 0 Å². The molecule has 0 heterocycles. The van der Waals surface area contributed by atoms with Gasteiger partial charge in [-0.15, -0.1) is 0 Å². The van der Waals surface area contributed by atoms with Gasteiger partial charge in [-0.1, -0.05) is 18.2 Å². The molecule has 1 aromatic rings. The summed E-state index contributed by atoms with van der Waals surface area (Å²) in [4.78, 5) is 0. The molecule has 6 heteroatoms. The van der Waals surface area contributed by atoms with Crippen molar-refractivity contribution in [2.24, 2.45) is 0 Å². The van der Waals surface area contributed by atoms with E-state index in [1.165, 1.54) is 6.92 Å². The van der Waals surface area contributed by atoms with Crippen molar-refractivity contribution in [1.82, 2.24) is 4.72 Å². The Morgan fingerprint density at radius 1 is 1.35 bits per heavy atom. The average molecular weight is 249 g/mol. The molecule has 17 heavy (non-hydrogen) atoms. The molecule has 1 rings (SSSR count). The first-order valence-corrected chi connectivity index (χ1v) is 6.51. The van der Waals surface area contributed by atoms with E-state index < -0.39 is 16.1 Å². The Hall–Kier alpha value is -1.89. The van der Waals surface area contributed by atoms with Crippen LogP contribution in [0.1, 0.15) is 18.1 Å². The molecular weight excluding hydrogens is 238 g/mol. The highest BCUT2D eigenvalue weighted by molar-refractivity contribution is 7.88. The summed E-state index contributed by atoms with van der Waals surface area (Å²) in [6.07, 6.45) is 0. The summed E-state index contributed by atoms with van der Waals surface area (Å²) in [5.74, 6) is -0.303. The fraction of sp³-hybridized carbons (Fsp3) is 0.273. The summed E-state index contributed by atoms with van der Waals surface area (Å²) in [6, 6.07) is 9.39. The summed E-state index contributed by atoms with van der Waals surface area (Å²) in [7, 11) is -3.60. The number of nitriles is 2. The topological polar surface area (TPSA) is 93.8 Å². The Balaban J connectivity index is 2.92. The molecule has 0 aromatic heterocycles. The van der Waals surface area contributed by atoms with Gasteiger partial charge in [0.1, 0.15) is 6.04 Å². The number of hydrogen-bond acceptors (Lipinski definition) is 4. The van der Waals surface area contributed by atoms with Gasteiger partial charge in [-0.05, 0) is 18.6 Å². The van der Waals surface area contributed by atoms with Crippen molar-refractivity contribution < 1.29 is 8.42 Å². The van der Waals surface area contributed by atoms with E-state index in [9.17, 15) is 8.42 Å². The lowest BCUT2D eigenvalue weighted by molar-refractivity contribution is 0.576. The van der Waals surface area contributed by atoms with E-state index in [2.05, 4.69) is 4.72 Å². The summed E-state index contributed by atoms with van der Waals surface area (Å²) in [6.45, 7) is 1.45. The lowest BCUT2D eigenvalue weighted by Crippen LogP contribution is -2.32. The lowest BCUT2D eigenvalue weighted by atomic mass is 10.1. The molecule has 0 radical (unpaired) electrons. The van der Waals surface area contributed by atoms with Crippen LogP contribution in [0.2, 0.25) is 0 Å². The first-order chi connectivity index (χ1) is 7.98. The summed E-state index contributed by atoms with van der Waals surface area (Å²) in [5, 5.41) is 17.4. The standard InChI is InChI=1S/C11H11N3O2S/c1-9(6-12)14-17(15,16)8-11-5-3-2-4-10(11)7-13/h2-5,9,14H,8H2,1H3. The van der Waals surface area contributed by atoms with Gasteiger partial charge in [0, 0.05) is 0 Å². The molecular formula is C11H11N3O2S. The zero-order valence-corrected chi connectivity index (χ0v) is 10.0. The van der Waals surface area contributed by atoms with E-state index in [0.29, 0.717) is 11.1 Å². The van der Waals surface area contributed by atoms with E-state index in [4.69, 9.17) is 10.5 Å². The highest BCUT2D eigenvalue weighted by Gasteiger charge is 2.16. The maximum Gasteiger partial charge on any atom is 0.216 e. The molecule has 0 aliphatic carbocycles.